The molecule has 0 saturated carbocycles. The minimum Gasteiger partial charge on any atom is -0.369 e. The summed E-state index contributed by atoms with van der Waals surface area (Å²) < 4.78 is 5.29. The lowest BCUT2D eigenvalue weighted by Gasteiger charge is -2.33. The first-order valence-corrected chi connectivity index (χ1v) is 7.13. The first kappa shape index (κ1) is 14.7. The van der Waals surface area contributed by atoms with Gasteiger partial charge in [0.25, 0.3) is 0 Å². The van der Waals surface area contributed by atoms with Crippen LogP contribution in [0.4, 0.5) is 5.82 Å². The fourth-order valence-electron chi connectivity index (χ4n) is 2.35. The van der Waals surface area contributed by atoms with E-state index in [0.717, 1.165) is 31.7 Å². The molecule has 0 unspecified atom stereocenters. The lowest BCUT2D eigenvalue weighted by molar-refractivity contribution is -0.132. The SMILES string of the molecule is CCO[C@H](C)C(=O)NC1CCN(c2cnccn2)CC1. The van der Waals surface area contributed by atoms with Crippen LogP contribution in [0.5, 0.6) is 0 Å². The van der Waals surface area contributed by atoms with Crippen LogP contribution in [0.1, 0.15) is 26.7 Å². The Morgan fingerprint density at radius 2 is 2.25 bits per heavy atom. The first-order valence-electron chi connectivity index (χ1n) is 7.13. The van der Waals surface area contributed by atoms with E-state index in [2.05, 4.69) is 20.2 Å². The zero-order valence-electron chi connectivity index (χ0n) is 12.1. The molecular formula is C14H22N4O2. The molecule has 0 aromatic carbocycles. The number of aromatic nitrogens is 2. The van der Waals surface area contributed by atoms with Gasteiger partial charge in [-0.1, -0.05) is 0 Å². The van der Waals surface area contributed by atoms with Crippen LogP contribution in [0.15, 0.2) is 18.6 Å². The summed E-state index contributed by atoms with van der Waals surface area (Å²) in [6, 6.07) is 0.221. The van der Waals surface area contributed by atoms with Crippen molar-refractivity contribution in [2.24, 2.45) is 0 Å². The van der Waals surface area contributed by atoms with Crippen LogP contribution in [-0.2, 0) is 9.53 Å². The second kappa shape index (κ2) is 7.19. The smallest absolute Gasteiger partial charge is 0.249 e. The molecule has 6 nitrogen and oxygen atoms in total. The average Bonchev–Trinajstić information content (AvgIpc) is 2.49. The van der Waals surface area contributed by atoms with E-state index in [0.29, 0.717) is 6.61 Å². The molecule has 1 aromatic rings. The Bertz CT molecular complexity index is 418. The van der Waals surface area contributed by atoms with Gasteiger partial charge in [0.05, 0.1) is 6.20 Å². The van der Waals surface area contributed by atoms with Crippen molar-refractivity contribution < 1.29 is 9.53 Å². The Labute approximate surface area is 119 Å². The molecule has 1 fully saturated rings. The van der Waals surface area contributed by atoms with E-state index in [1.165, 1.54) is 0 Å². The van der Waals surface area contributed by atoms with E-state index >= 15 is 0 Å². The summed E-state index contributed by atoms with van der Waals surface area (Å²) in [5, 5.41) is 3.05. The van der Waals surface area contributed by atoms with Gasteiger partial charge in [0.1, 0.15) is 11.9 Å². The maximum atomic E-state index is 11.9. The molecule has 0 bridgehead atoms. The highest BCUT2D eigenvalue weighted by atomic mass is 16.5. The van der Waals surface area contributed by atoms with E-state index < -0.39 is 0 Å². The largest absolute Gasteiger partial charge is 0.369 e. The molecule has 1 aliphatic rings. The van der Waals surface area contributed by atoms with Crippen molar-refractivity contribution in [3.05, 3.63) is 18.6 Å². The summed E-state index contributed by atoms with van der Waals surface area (Å²) in [7, 11) is 0. The third kappa shape index (κ3) is 3.90. The Kier molecular flexibility index (Phi) is 5.29. The van der Waals surface area contributed by atoms with E-state index in [-0.39, 0.29) is 18.1 Å². The molecule has 0 spiro atoms. The summed E-state index contributed by atoms with van der Waals surface area (Å²) >= 11 is 0. The molecule has 6 heteroatoms. The van der Waals surface area contributed by atoms with E-state index in [1.807, 2.05) is 6.92 Å². The van der Waals surface area contributed by atoms with Crippen LogP contribution < -0.4 is 10.2 Å². The minimum atomic E-state index is -0.377. The van der Waals surface area contributed by atoms with E-state index in [1.54, 1.807) is 25.5 Å². The predicted molar refractivity (Wildman–Crippen MR) is 76.5 cm³/mol. The quantitative estimate of drug-likeness (QED) is 0.870. The summed E-state index contributed by atoms with van der Waals surface area (Å²) in [5.74, 6) is 0.879. The van der Waals surface area contributed by atoms with Crippen LogP contribution in [0.2, 0.25) is 0 Å². The summed E-state index contributed by atoms with van der Waals surface area (Å²) in [4.78, 5) is 22.5. The van der Waals surface area contributed by atoms with Crippen molar-refractivity contribution in [1.82, 2.24) is 15.3 Å². The van der Waals surface area contributed by atoms with Crippen molar-refractivity contribution >= 4 is 11.7 Å². The lowest BCUT2D eigenvalue weighted by atomic mass is 10.0. The van der Waals surface area contributed by atoms with Gasteiger partial charge in [0.15, 0.2) is 0 Å². The maximum Gasteiger partial charge on any atom is 0.249 e. The molecule has 1 N–H and O–H groups in total. The maximum absolute atomic E-state index is 11.9. The monoisotopic (exact) mass is 278 g/mol. The molecule has 1 amide bonds. The summed E-state index contributed by atoms with van der Waals surface area (Å²) in [6.07, 6.45) is 6.61. The molecule has 1 saturated heterocycles. The number of hydrogen-bond acceptors (Lipinski definition) is 5. The fraction of sp³-hybridized carbons (Fsp3) is 0.643. The Morgan fingerprint density at radius 3 is 2.85 bits per heavy atom. The Balaban J connectivity index is 1.78. The number of hydrogen-bond donors (Lipinski definition) is 1. The standard InChI is InChI=1S/C14H22N4O2/c1-3-20-11(2)14(19)17-12-4-8-18(9-5-12)13-10-15-6-7-16-13/h6-7,10-12H,3-5,8-9H2,1-2H3,(H,17,19)/t11-/m1/s1. The molecule has 0 aliphatic carbocycles. The zero-order chi connectivity index (χ0) is 14.4. The van der Waals surface area contributed by atoms with Gasteiger partial charge in [-0.25, -0.2) is 4.98 Å². The number of carbonyl (C=O) groups excluding carboxylic acids is 1. The highest BCUT2D eigenvalue weighted by molar-refractivity contribution is 5.80. The molecule has 1 aromatic heterocycles. The molecule has 0 radical (unpaired) electrons. The summed E-state index contributed by atoms with van der Waals surface area (Å²) in [5.41, 5.74) is 0. The van der Waals surface area contributed by atoms with Gasteiger partial charge < -0.3 is 15.0 Å². The van der Waals surface area contributed by atoms with Gasteiger partial charge in [-0.3, -0.25) is 9.78 Å². The fourth-order valence-corrected chi connectivity index (χ4v) is 2.35. The third-order valence-electron chi connectivity index (χ3n) is 3.50. The highest BCUT2D eigenvalue weighted by Crippen LogP contribution is 2.16. The molecule has 1 atom stereocenters. The van der Waals surface area contributed by atoms with Gasteiger partial charge in [-0.2, -0.15) is 0 Å². The minimum absolute atomic E-state index is 0.0233. The van der Waals surface area contributed by atoms with Crippen LogP contribution in [0.25, 0.3) is 0 Å². The van der Waals surface area contributed by atoms with Crippen LogP contribution >= 0.6 is 0 Å². The number of piperidine rings is 1. The van der Waals surface area contributed by atoms with Gasteiger partial charge in [-0.05, 0) is 26.7 Å². The number of amides is 1. The molecular weight excluding hydrogens is 256 g/mol. The van der Waals surface area contributed by atoms with Crippen LogP contribution in [0, 0.1) is 0 Å². The van der Waals surface area contributed by atoms with Crippen molar-refractivity contribution in [1.29, 1.82) is 0 Å². The second-order valence-electron chi connectivity index (χ2n) is 4.93. The van der Waals surface area contributed by atoms with Crippen molar-refractivity contribution in [3.8, 4) is 0 Å². The van der Waals surface area contributed by atoms with Crippen LogP contribution in [-0.4, -0.2) is 47.7 Å². The average molecular weight is 278 g/mol. The molecule has 110 valence electrons. The highest BCUT2D eigenvalue weighted by Gasteiger charge is 2.23. The zero-order valence-corrected chi connectivity index (χ0v) is 12.1. The number of rotatable bonds is 5. The predicted octanol–water partition coefficient (Wildman–Crippen LogP) is 0.987. The van der Waals surface area contributed by atoms with Crippen LogP contribution in [0.3, 0.4) is 0 Å². The number of ether oxygens (including phenoxy) is 1. The van der Waals surface area contributed by atoms with E-state index in [9.17, 15) is 4.79 Å². The third-order valence-corrected chi connectivity index (χ3v) is 3.50. The van der Waals surface area contributed by atoms with Crippen molar-refractivity contribution in [2.75, 3.05) is 24.6 Å². The number of nitrogens with one attached hydrogen (secondary N) is 1. The molecule has 2 rings (SSSR count). The number of nitrogens with zero attached hydrogens (tertiary/aromatic N) is 3. The van der Waals surface area contributed by atoms with Crippen molar-refractivity contribution in [3.63, 3.8) is 0 Å². The normalized spacial score (nSPS) is 17.8. The topological polar surface area (TPSA) is 67.3 Å². The molecule has 1 aliphatic heterocycles. The number of anilines is 1. The second-order valence-corrected chi connectivity index (χ2v) is 4.93. The summed E-state index contributed by atoms with van der Waals surface area (Å²) in [6.45, 7) is 6.00. The van der Waals surface area contributed by atoms with Gasteiger partial charge in [0.2, 0.25) is 5.91 Å². The van der Waals surface area contributed by atoms with Gasteiger partial charge in [-0.15, -0.1) is 0 Å². The molecule has 2 heterocycles. The number of carbonyl (C=O) groups is 1. The Morgan fingerprint density at radius 1 is 1.50 bits per heavy atom. The molecule has 20 heavy (non-hydrogen) atoms. The van der Waals surface area contributed by atoms with Gasteiger partial charge >= 0.3 is 0 Å². The van der Waals surface area contributed by atoms with Crippen molar-refractivity contribution in [2.45, 2.75) is 38.8 Å². The Hall–Kier alpha value is -1.69. The van der Waals surface area contributed by atoms with E-state index in [4.69, 9.17) is 4.74 Å². The first-order chi connectivity index (χ1) is 9.70. The lowest BCUT2D eigenvalue weighted by Crippen LogP contribution is -2.47. The van der Waals surface area contributed by atoms with Gasteiger partial charge in [0, 0.05) is 38.1 Å².